The summed E-state index contributed by atoms with van der Waals surface area (Å²) in [7, 11) is -3.89. The fraction of sp³-hybridized carbons (Fsp3) is 0.0556. The predicted octanol–water partition coefficient (Wildman–Crippen LogP) is 2.39. The second-order valence-electron chi connectivity index (χ2n) is 6.07. The Kier molecular flexibility index (Phi) is 2.96. The summed E-state index contributed by atoms with van der Waals surface area (Å²) in [5.41, 5.74) is 1.50. The first-order chi connectivity index (χ1) is 12.6. The van der Waals surface area contributed by atoms with Gasteiger partial charge in [-0.15, -0.1) is 5.10 Å². The van der Waals surface area contributed by atoms with E-state index in [1.165, 1.54) is 16.8 Å². The Bertz CT molecular complexity index is 1310. The van der Waals surface area contributed by atoms with Gasteiger partial charge in [-0.25, -0.2) is 17.4 Å². The summed E-state index contributed by atoms with van der Waals surface area (Å²) in [5.74, 6) is -0.551. The molecule has 0 spiro atoms. The van der Waals surface area contributed by atoms with E-state index in [0.717, 1.165) is 15.1 Å². The highest BCUT2D eigenvalue weighted by atomic mass is 32.2. The molecule has 0 radical (unpaired) electrons. The van der Waals surface area contributed by atoms with Gasteiger partial charge in [0.05, 0.1) is 11.1 Å². The number of nitrogens with zero attached hydrogens (tertiary/aromatic N) is 4. The molecule has 1 aliphatic heterocycles. The van der Waals surface area contributed by atoms with Gasteiger partial charge in [-0.2, -0.15) is 0 Å². The molecule has 1 aliphatic rings. The summed E-state index contributed by atoms with van der Waals surface area (Å²) in [6.07, 6.45) is 0. The molecule has 0 N–H and O–H groups in total. The molecule has 0 unspecified atom stereocenters. The summed E-state index contributed by atoms with van der Waals surface area (Å²) >= 11 is 0. The van der Waals surface area contributed by atoms with Gasteiger partial charge in [0.1, 0.15) is 17.1 Å². The first-order valence-electron chi connectivity index (χ1n) is 7.94. The predicted molar refractivity (Wildman–Crippen MR) is 94.8 cm³/mol. The summed E-state index contributed by atoms with van der Waals surface area (Å²) in [5, 5.41) is 10.2. The molecule has 1 amide bonds. The van der Waals surface area contributed by atoms with Crippen LogP contribution in [0.5, 0.6) is 0 Å². The van der Waals surface area contributed by atoms with Crippen LogP contribution in [0.2, 0.25) is 0 Å². The monoisotopic (exact) mass is 364 g/mol. The zero-order valence-electron chi connectivity index (χ0n) is 13.4. The normalized spacial score (nSPS) is 15.7. The fourth-order valence-electron chi connectivity index (χ4n) is 3.25. The number of amides is 1. The number of fused-ring (bicyclic) bond motifs is 3. The molecule has 0 saturated carbocycles. The molecule has 0 saturated heterocycles. The van der Waals surface area contributed by atoms with E-state index < -0.39 is 15.9 Å². The lowest BCUT2D eigenvalue weighted by Gasteiger charge is -2.15. The molecule has 2 heterocycles. The van der Waals surface area contributed by atoms with Gasteiger partial charge >= 0.3 is 0 Å². The third kappa shape index (κ3) is 1.99. The highest BCUT2D eigenvalue weighted by molar-refractivity contribution is 7.90. The van der Waals surface area contributed by atoms with Crippen molar-refractivity contribution in [3.63, 3.8) is 0 Å². The molecule has 128 valence electrons. The molecule has 5 rings (SSSR count). The smallest absolute Gasteiger partial charge is 0.268 e. The molecular formula is C18H12N4O3S. The fourth-order valence-corrected chi connectivity index (χ4v) is 4.75. The van der Waals surface area contributed by atoms with Gasteiger partial charge in [-0.1, -0.05) is 41.6 Å². The summed E-state index contributed by atoms with van der Waals surface area (Å²) in [6.45, 7) is -0.218. The van der Waals surface area contributed by atoms with Crippen LogP contribution in [0, 0.1) is 0 Å². The molecule has 8 heteroatoms. The lowest BCUT2D eigenvalue weighted by Crippen LogP contribution is -2.32. The van der Waals surface area contributed by atoms with Crippen LogP contribution < -0.4 is 0 Å². The standard InChI is InChI=1S/C18H12N4O3S/c23-18-14-7-3-4-8-17(14)26(24,25)22(18)11-21-16-10-13-6-2-1-5-12(13)9-15(16)19-20-21/h1-10H,11H2. The number of benzene rings is 3. The van der Waals surface area contributed by atoms with Crippen LogP contribution in [0.4, 0.5) is 0 Å². The Morgan fingerprint density at radius 2 is 1.62 bits per heavy atom. The van der Waals surface area contributed by atoms with E-state index in [1.54, 1.807) is 12.1 Å². The largest absolute Gasteiger partial charge is 0.270 e. The maximum absolute atomic E-state index is 12.7. The summed E-state index contributed by atoms with van der Waals surface area (Å²) in [6, 6.07) is 17.8. The molecule has 1 aromatic heterocycles. The average Bonchev–Trinajstić information content (AvgIpc) is 3.12. The number of aromatic nitrogens is 3. The molecule has 4 aromatic rings. The molecular weight excluding hydrogens is 352 g/mol. The minimum Gasteiger partial charge on any atom is -0.268 e. The van der Waals surface area contributed by atoms with E-state index in [2.05, 4.69) is 10.3 Å². The van der Waals surface area contributed by atoms with Gasteiger partial charge in [0, 0.05) is 0 Å². The SMILES string of the molecule is O=C1c2ccccc2S(=O)(=O)N1Cn1nnc2cc3ccccc3cc21. The number of carbonyl (C=O) groups is 1. The van der Waals surface area contributed by atoms with Crippen LogP contribution in [0.25, 0.3) is 21.8 Å². The second-order valence-corrected chi connectivity index (χ2v) is 7.90. The van der Waals surface area contributed by atoms with E-state index in [-0.39, 0.29) is 17.1 Å². The lowest BCUT2D eigenvalue weighted by atomic mass is 10.1. The zero-order chi connectivity index (χ0) is 17.9. The van der Waals surface area contributed by atoms with Crippen molar-refractivity contribution in [1.29, 1.82) is 0 Å². The highest BCUT2D eigenvalue weighted by Crippen LogP contribution is 2.31. The second kappa shape index (κ2) is 5.12. The maximum Gasteiger partial charge on any atom is 0.270 e. The van der Waals surface area contributed by atoms with E-state index in [1.807, 2.05) is 36.4 Å². The van der Waals surface area contributed by atoms with E-state index in [9.17, 15) is 13.2 Å². The van der Waals surface area contributed by atoms with E-state index in [4.69, 9.17) is 0 Å². The Hall–Kier alpha value is -3.26. The summed E-state index contributed by atoms with van der Waals surface area (Å²) < 4.78 is 27.7. The van der Waals surface area contributed by atoms with Crippen molar-refractivity contribution in [2.75, 3.05) is 0 Å². The number of carbonyl (C=O) groups excluding carboxylic acids is 1. The Morgan fingerprint density at radius 1 is 0.923 bits per heavy atom. The van der Waals surface area contributed by atoms with Gasteiger partial charge in [0.2, 0.25) is 0 Å². The van der Waals surface area contributed by atoms with E-state index in [0.29, 0.717) is 11.0 Å². The van der Waals surface area contributed by atoms with Crippen molar-refractivity contribution in [3.8, 4) is 0 Å². The van der Waals surface area contributed by atoms with Crippen LogP contribution in [0.3, 0.4) is 0 Å². The lowest BCUT2D eigenvalue weighted by molar-refractivity contribution is 0.0841. The van der Waals surface area contributed by atoms with Gasteiger partial charge in [-0.05, 0) is 35.0 Å². The molecule has 0 aliphatic carbocycles. The molecule has 7 nitrogen and oxygen atoms in total. The number of rotatable bonds is 2. The van der Waals surface area contributed by atoms with Crippen molar-refractivity contribution < 1.29 is 13.2 Å². The average molecular weight is 364 g/mol. The van der Waals surface area contributed by atoms with Crippen LogP contribution >= 0.6 is 0 Å². The molecule has 26 heavy (non-hydrogen) atoms. The Labute approximate surface area is 148 Å². The molecule has 0 atom stereocenters. The van der Waals surface area contributed by atoms with Crippen LogP contribution in [-0.4, -0.2) is 33.6 Å². The van der Waals surface area contributed by atoms with Gasteiger partial charge < -0.3 is 0 Å². The first kappa shape index (κ1) is 15.0. The van der Waals surface area contributed by atoms with Crippen LogP contribution in [0.15, 0.2) is 65.6 Å². The molecule has 3 aromatic carbocycles. The summed E-state index contributed by atoms with van der Waals surface area (Å²) in [4.78, 5) is 12.6. The quantitative estimate of drug-likeness (QED) is 0.545. The van der Waals surface area contributed by atoms with Gasteiger partial charge in [0.15, 0.2) is 0 Å². The van der Waals surface area contributed by atoms with Crippen LogP contribution in [0.1, 0.15) is 10.4 Å². The van der Waals surface area contributed by atoms with Crippen LogP contribution in [-0.2, 0) is 16.7 Å². The third-order valence-electron chi connectivity index (χ3n) is 4.56. The van der Waals surface area contributed by atoms with Crippen molar-refractivity contribution >= 4 is 37.7 Å². The molecule has 0 bridgehead atoms. The van der Waals surface area contributed by atoms with Crippen molar-refractivity contribution in [2.45, 2.75) is 11.6 Å². The number of hydrogen-bond donors (Lipinski definition) is 0. The minimum atomic E-state index is -3.89. The van der Waals surface area contributed by atoms with Crippen molar-refractivity contribution in [3.05, 3.63) is 66.2 Å². The topological polar surface area (TPSA) is 85.2 Å². The first-order valence-corrected chi connectivity index (χ1v) is 9.38. The number of hydrogen-bond acceptors (Lipinski definition) is 5. The molecule has 0 fully saturated rings. The highest BCUT2D eigenvalue weighted by Gasteiger charge is 2.41. The maximum atomic E-state index is 12.7. The van der Waals surface area contributed by atoms with Crippen molar-refractivity contribution in [2.24, 2.45) is 0 Å². The Balaban J connectivity index is 1.62. The van der Waals surface area contributed by atoms with Crippen molar-refractivity contribution in [1.82, 2.24) is 19.3 Å². The van der Waals surface area contributed by atoms with E-state index >= 15 is 0 Å². The Morgan fingerprint density at radius 3 is 2.38 bits per heavy atom. The zero-order valence-corrected chi connectivity index (χ0v) is 14.2. The van der Waals surface area contributed by atoms with Gasteiger partial charge in [0.25, 0.3) is 15.9 Å². The number of sulfonamides is 1. The third-order valence-corrected chi connectivity index (χ3v) is 6.33. The van der Waals surface area contributed by atoms with Gasteiger partial charge in [-0.3, -0.25) is 4.79 Å². The minimum absolute atomic E-state index is 0.0277.